The van der Waals surface area contributed by atoms with Gasteiger partial charge in [-0.05, 0) is 24.9 Å². The van der Waals surface area contributed by atoms with Gasteiger partial charge in [0.15, 0.2) is 0 Å². The molecule has 0 aromatic carbocycles. The van der Waals surface area contributed by atoms with Crippen LogP contribution in [0.2, 0.25) is 5.28 Å². The number of β-amino-alcohol motifs (C(OH)–C–C–N with tert-alkyl or cyclic N) is 1. The second-order valence-corrected chi connectivity index (χ2v) is 4.27. The standard InChI is InChI=1S/C8H12ClN5O/c1-8(15)2-3-14(4-8)7-12-5(9)11-6(10)13-7/h15H,2-4H2,1H3,(H2,10,11,12,13). The van der Waals surface area contributed by atoms with Gasteiger partial charge in [-0.25, -0.2) is 0 Å². The van der Waals surface area contributed by atoms with Crippen LogP contribution in [-0.4, -0.2) is 38.7 Å². The van der Waals surface area contributed by atoms with Gasteiger partial charge in [0.25, 0.3) is 0 Å². The van der Waals surface area contributed by atoms with Gasteiger partial charge in [0, 0.05) is 13.1 Å². The van der Waals surface area contributed by atoms with Crippen molar-refractivity contribution < 1.29 is 5.11 Å². The van der Waals surface area contributed by atoms with Gasteiger partial charge in [0.2, 0.25) is 17.2 Å². The Bertz CT molecular complexity index is 363. The van der Waals surface area contributed by atoms with E-state index in [1.54, 1.807) is 6.92 Å². The first-order valence-electron chi connectivity index (χ1n) is 4.61. The summed E-state index contributed by atoms with van der Waals surface area (Å²) in [6, 6.07) is 0. The Hall–Kier alpha value is -1.14. The van der Waals surface area contributed by atoms with Gasteiger partial charge in [-0.2, -0.15) is 15.0 Å². The Morgan fingerprint density at radius 3 is 2.73 bits per heavy atom. The predicted octanol–water partition coefficient (Wildman–Crippen LogP) is 0.0683. The maximum absolute atomic E-state index is 9.79. The normalized spacial score (nSPS) is 25.9. The molecule has 1 atom stereocenters. The molecule has 0 saturated carbocycles. The zero-order valence-corrected chi connectivity index (χ0v) is 9.07. The van der Waals surface area contributed by atoms with Crippen LogP contribution < -0.4 is 10.6 Å². The van der Waals surface area contributed by atoms with E-state index in [2.05, 4.69) is 15.0 Å². The molecular formula is C8H12ClN5O. The Balaban J connectivity index is 2.24. The summed E-state index contributed by atoms with van der Waals surface area (Å²) < 4.78 is 0. The maximum atomic E-state index is 9.79. The van der Waals surface area contributed by atoms with Crippen molar-refractivity contribution in [2.75, 3.05) is 23.7 Å². The van der Waals surface area contributed by atoms with Crippen LogP contribution in [0.15, 0.2) is 0 Å². The Labute approximate surface area is 92.1 Å². The molecule has 1 aromatic heterocycles. The first kappa shape index (κ1) is 10.4. The molecule has 15 heavy (non-hydrogen) atoms. The molecule has 82 valence electrons. The first-order valence-corrected chi connectivity index (χ1v) is 4.98. The Morgan fingerprint density at radius 2 is 2.20 bits per heavy atom. The third-order valence-corrected chi connectivity index (χ3v) is 2.52. The summed E-state index contributed by atoms with van der Waals surface area (Å²) in [5, 5.41) is 9.86. The molecule has 0 radical (unpaired) electrons. The summed E-state index contributed by atoms with van der Waals surface area (Å²) in [6.45, 7) is 2.94. The van der Waals surface area contributed by atoms with Gasteiger partial charge < -0.3 is 15.7 Å². The van der Waals surface area contributed by atoms with Gasteiger partial charge >= 0.3 is 0 Å². The molecular weight excluding hydrogens is 218 g/mol. The number of hydrogen-bond acceptors (Lipinski definition) is 6. The van der Waals surface area contributed by atoms with E-state index in [0.29, 0.717) is 25.5 Å². The lowest BCUT2D eigenvalue weighted by molar-refractivity contribution is 0.0838. The zero-order valence-electron chi connectivity index (χ0n) is 8.31. The summed E-state index contributed by atoms with van der Waals surface area (Å²) in [5.41, 5.74) is 4.76. The van der Waals surface area contributed by atoms with Crippen molar-refractivity contribution in [3.63, 3.8) is 0 Å². The average Bonchev–Trinajstić information content (AvgIpc) is 2.44. The van der Waals surface area contributed by atoms with Gasteiger partial charge in [-0.3, -0.25) is 0 Å². The van der Waals surface area contributed by atoms with E-state index in [1.165, 1.54) is 0 Å². The number of aromatic nitrogens is 3. The lowest BCUT2D eigenvalue weighted by atomic mass is 10.1. The molecule has 0 aliphatic carbocycles. The van der Waals surface area contributed by atoms with E-state index in [9.17, 15) is 5.11 Å². The van der Waals surface area contributed by atoms with E-state index < -0.39 is 5.60 Å². The molecule has 1 aliphatic heterocycles. The van der Waals surface area contributed by atoms with Crippen LogP contribution in [0.5, 0.6) is 0 Å². The first-order chi connectivity index (χ1) is 6.96. The summed E-state index contributed by atoms with van der Waals surface area (Å²) in [6.07, 6.45) is 0.677. The topological polar surface area (TPSA) is 88.2 Å². The molecule has 1 saturated heterocycles. The zero-order chi connectivity index (χ0) is 11.1. The lowest BCUT2D eigenvalue weighted by Crippen LogP contribution is -2.30. The smallest absolute Gasteiger partial charge is 0.231 e. The van der Waals surface area contributed by atoms with Crippen LogP contribution >= 0.6 is 11.6 Å². The van der Waals surface area contributed by atoms with Crippen molar-refractivity contribution in [1.82, 2.24) is 15.0 Å². The van der Waals surface area contributed by atoms with Crippen LogP contribution in [0, 0.1) is 0 Å². The third-order valence-electron chi connectivity index (χ3n) is 2.35. The monoisotopic (exact) mass is 229 g/mol. The van der Waals surface area contributed by atoms with Gasteiger partial charge in [-0.15, -0.1) is 0 Å². The van der Waals surface area contributed by atoms with Crippen molar-refractivity contribution >= 4 is 23.5 Å². The van der Waals surface area contributed by atoms with Crippen LogP contribution in [0.3, 0.4) is 0 Å². The molecule has 1 aromatic rings. The highest BCUT2D eigenvalue weighted by molar-refractivity contribution is 6.28. The quantitative estimate of drug-likeness (QED) is 0.709. The lowest BCUT2D eigenvalue weighted by Gasteiger charge is -2.18. The third kappa shape index (κ3) is 2.27. The highest BCUT2D eigenvalue weighted by Crippen LogP contribution is 2.24. The molecule has 0 spiro atoms. The number of halogens is 1. The van der Waals surface area contributed by atoms with E-state index in [0.717, 1.165) is 0 Å². The van der Waals surface area contributed by atoms with Crippen LogP contribution in [-0.2, 0) is 0 Å². The highest BCUT2D eigenvalue weighted by atomic mass is 35.5. The molecule has 1 fully saturated rings. The minimum atomic E-state index is -0.701. The number of rotatable bonds is 1. The SMILES string of the molecule is CC1(O)CCN(c2nc(N)nc(Cl)n2)C1. The van der Waals surface area contributed by atoms with E-state index in [-0.39, 0.29) is 11.2 Å². The predicted molar refractivity (Wildman–Crippen MR) is 56.7 cm³/mol. The summed E-state index contributed by atoms with van der Waals surface area (Å²) in [4.78, 5) is 13.4. The fraction of sp³-hybridized carbons (Fsp3) is 0.625. The van der Waals surface area contributed by atoms with Crippen molar-refractivity contribution in [3.05, 3.63) is 5.28 Å². The van der Waals surface area contributed by atoms with Crippen molar-refractivity contribution in [2.45, 2.75) is 18.9 Å². The highest BCUT2D eigenvalue weighted by Gasteiger charge is 2.32. The summed E-state index contributed by atoms with van der Waals surface area (Å²) in [7, 11) is 0. The van der Waals surface area contributed by atoms with Crippen LogP contribution in [0.4, 0.5) is 11.9 Å². The number of nitrogens with zero attached hydrogens (tertiary/aromatic N) is 4. The van der Waals surface area contributed by atoms with Gasteiger partial charge in [0.1, 0.15) is 0 Å². The second kappa shape index (κ2) is 3.46. The Morgan fingerprint density at radius 1 is 1.47 bits per heavy atom. The molecule has 1 unspecified atom stereocenters. The maximum Gasteiger partial charge on any atom is 0.231 e. The van der Waals surface area contributed by atoms with Crippen LogP contribution in [0.25, 0.3) is 0 Å². The molecule has 0 bridgehead atoms. The second-order valence-electron chi connectivity index (χ2n) is 3.93. The molecule has 7 heteroatoms. The number of nitrogen functional groups attached to an aromatic ring is 1. The van der Waals surface area contributed by atoms with E-state index in [4.69, 9.17) is 17.3 Å². The van der Waals surface area contributed by atoms with Crippen LogP contribution in [0.1, 0.15) is 13.3 Å². The van der Waals surface area contributed by atoms with Crippen molar-refractivity contribution in [1.29, 1.82) is 0 Å². The molecule has 2 rings (SSSR count). The summed E-state index contributed by atoms with van der Waals surface area (Å²) in [5.74, 6) is 0.516. The fourth-order valence-electron chi connectivity index (χ4n) is 1.61. The molecule has 2 heterocycles. The van der Waals surface area contributed by atoms with Crippen molar-refractivity contribution in [2.24, 2.45) is 0 Å². The largest absolute Gasteiger partial charge is 0.388 e. The van der Waals surface area contributed by atoms with Gasteiger partial charge in [0.05, 0.1) is 5.60 Å². The van der Waals surface area contributed by atoms with Crippen molar-refractivity contribution in [3.8, 4) is 0 Å². The van der Waals surface area contributed by atoms with E-state index in [1.807, 2.05) is 4.90 Å². The molecule has 3 N–H and O–H groups in total. The number of hydrogen-bond donors (Lipinski definition) is 2. The summed E-state index contributed by atoms with van der Waals surface area (Å²) >= 11 is 5.67. The fourth-order valence-corrected chi connectivity index (χ4v) is 1.77. The van der Waals surface area contributed by atoms with E-state index >= 15 is 0 Å². The van der Waals surface area contributed by atoms with Gasteiger partial charge in [-0.1, -0.05) is 0 Å². The number of anilines is 2. The Kier molecular flexibility index (Phi) is 2.40. The minimum absolute atomic E-state index is 0.0732. The average molecular weight is 230 g/mol. The number of nitrogens with two attached hydrogens (primary N) is 1. The molecule has 6 nitrogen and oxygen atoms in total. The molecule has 1 aliphatic rings. The number of aliphatic hydroxyl groups is 1. The minimum Gasteiger partial charge on any atom is -0.388 e. The molecule has 0 amide bonds.